The highest BCUT2D eigenvalue weighted by Gasteiger charge is 2.24. The number of ether oxygens (including phenoxy) is 1. The molecular formula is C32H47NO2S. The van der Waals surface area contributed by atoms with Gasteiger partial charge in [-0.15, -0.1) is 11.3 Å². The zero-order valence-corrected chi connectivity index (χ0v) is 23.3. The molecule has 0 radical (unpaired) electrons. The van der Waals surface area contributed by atoms with Gasteiger partial charge < -0.3 is 4.74 Å². The predicted octanol–water partition coefficient (Wildman–Crippen LogP) is 8.39. The summed E-state index contributed by atoms with van der Waals surface area (Å²) < 4.78 is 5.77. The number of unbranched alkanes of at least 4 members (excludes halogenated alkanes) is 3. The number of hydrogen-bond acceptors (Lipinski definition) is 4. The maximum atomic E-state index is 12.5. The van der Waals surface area contributed by atoms with Crippen molar-refractivity contribution in [3.8, 4) is 5.75 Å². The fraction of sp³-hybridized carbons (Fsp3) is 0.656. The second-order valence-electron chi connectivity index (χ2n) is 11.1. The van der Waals surface area contributed by atoms with Gasteiger partial charge >= 0.3 is 5.97 Å². The highest BCUT2D eigenvalue weighted by atomic mass is 32.1. The van der Waals surface area contributed by atoms with E-state index in [4.69, 9.17) is 4.74 Å². The molecule has 1 fully saturated rings. The Morgan fingerprint density at radius 2 is 1.86 bits per heavy atom. The lowest BCUT2D eigenvalue weighted by Crippen LogP contribution is -2.41. The lowest BCUT2D eigenvalue weighted by Gasteiger charge is -2.35. The number of hydrogen-bond donors (Lipinski definition) is 0. The van der Waals surface area contributed by atoms with Gasteiger partial charge in [-0.3, -0.25) is 9.69 Å². The average molecular weight is 510 g/mol. The quantitative estimate of drug-likeness (QED) is 0.145. The minimum atomic E-state index is -0.0712. The summed E-state index contributed by atoms with van der Waals surface area (Å²) in [5.41, 5.74) is 2.80. The second kappa shape index (κ2) is 14.9. The molecule has 3 nitrogen and oxygen atoms in total. The van der Waals surface area contributed by atoms with Crippen LogP contribution in [0.4, 0.5) is 0 Å². The second-order valence-corrected chi connectivity index (χ2v) is 12.2. The third-order valence-corrected chi connectivity index (χ3v) is 9.27. The molecule has 0 amide bonds. The van der Waals surface area contributed by atoms with E-state index in [0.717, 1.165) is 56.9 Å². The van der Waals surface area contributed by atoms with Crippen molar-refractivity contribution in [3.05, 3.63) is 51.7 Å². The van der Waals surface area contributed by atoms with E-state index >= 15 is 0 Å². The van der Waals surface area contributed by atoms with Crippen LogP contribution in [0.15, 0.2) is 35.7 Å². The number of carbonyl (C=O) groups excluding carboxylic acids is 1. The van der Waals surface area contributed by atoms with Crippen LogP contribution >= 0.6 is 11.3 Å². The summed E-state index contributed by atoms with van der Waals surface area (Å²) in [6, 6.07) is 11.3. The third-order valence-electron chi connectivity index (χ3n) is 8.33. The van der Waals surface area contributed by atoms with Crippen molar-refractivity contribution < 1.29 is 9.53 Å². The van der Waals surface area contributed by atoms with Gasteiger partial charge in [0.15, 0.2) is 0 Å². The van der Waals surface area contributed by atoms with E-state index in [9.17, 15) is 4.79 Å². The first-order chi connectivity index (χ1) is 17.7. The number of carbonyl (C=O) groups is 1. The molecule has 1 aromatic heterocycles. The maximum absolute atomic E-state index is 12.5. The van der Waals surface area contributed by atoms with E-state index in [2.05, 4.69) is 41.5 Å². The summed E-state index contributed by atoms with van der Waals surface area (Å²) in [7, 11) is 0. The van der Waals surface area contributed by atoms with Crippen LogP contribution in [-0.2, 0) is 24.1 Å². The normalized spacial score (nSPS) is 18.3. The Balaban J connectivity index is 1.19. The van der Waals surface area contributed by atoms with E-state index in [1.54, 1.807) is 0 Å². The molecule has 0 spiro atoms. The highest BCUT2D eigenvalue weighted by Crippen LogP contribution is 2.30. The van der Waals surface area contributed by atoms with Crippen molar-refractivity contribution in [3.63, 3.8) is 0 Å². The predicted molar refractivity (Wildman–Crippen MR) is 152 cm³/mol. The summed E-state index contributed by atoms with van der Waals surface area (Å²) in [6.07, 6.45) is 19.5. The van der Waals surface area contributed by atoms with Crippen LogP contribution < -0.4 is 4.74 Å². The number of fused-ring (bicyclic) bond motifs is 1. The van der Waals surface area contributed by atoms with E-state index in [1.807, 2.05) is 17.4 Å². The summed E-state index contributed by atoms with van der Waals surface area (Å²) in [5.74, 6) is 1.64. The first-order valence-corrected chi connectivity index (χ1v) is 15.7. The number of benzene rings is 1. The molecule has 4 heteroatoms. The number of nitrogens with zero attached hydrogens (tertiary/aromatic N) is 1. The van der Waals surface area contributed by atoms with Gasteiger partial charge in [-0.2, -0.15) is 0 Å². The number of thiophene rings is 1. The summed E-state index contributed by atoms with van der Waals surface area (Å²) >= 11 is 1.87. The molecule has 0 aliphatic heterocycles. The largest absolute Gasteiger partial charge is 0.427 e. The zero-order chi connectivity index (χ0) is 25.0. The van der Waals surface area contributed by atoms with Crippen molar-refractivity contribution in [2.75, 3.05) is 13.1 Å². The molecule has 1 aromatic carbocycles. The van der Waals surface area contributed by atoms with Crippen molar-refractivity contribution in [1.29, 1.82) is 0 Å². The van der Waals surface area contributed by atoms with Crippen molar-refractivity contribution in [1.82, 2.24) is 4.90 Å². The first kappa shape index (κ1) is 27.4. The van der Waals surface area contributed by atoms with Gasteiger partial charge in [-0.1, -0.05) is 76.8 Å². The van der Waals surface area contributed by atoms with Gasteiger partial charge in [0.05, 0.1) is 0 Å². The molecule has 2 aliphatic carbocycles. The standard InChI is InChI=1S/C32H47NO2S/c1-2-21-33(22-20-31-14-10-23-36-31)29-18-16-27-17-19-30(25-28(27)24-29)35-32(34)15-9-4-3-6-11-26-12-7-5-8-13-26/h10,14,17,19,23,25-26,29H,2-9,11-13,15-16,18,20-22,24H2,1H3. The van der Waals surface area contributed by atoms with Crippen LogP contribution in [0.25, 0.3) is 0 Å². The Morgan fingerprint density at radius 1 is 1.00 bits per heavy atom. The Hall–Kier alpha value is -1.65. The molecule has 1 heterocycles. The van der Waals surface area contributed by atoms with Crippen molar-refractivity contribution in [2.45, 2.75) is 116 Å². The van der Waals surface area contributed by atoms with Crippen LogP contribution in [0.1, 0.15) is 106 Å². The minimum absolute atomic E-state index is 0.0712. The molecule has 2 aromatic rings. The maximum Gasteiger partial charge on any atom is 0.311 e. The molecule has 1 saturated carbocycles. The number of rotatable bonds is 14. The Kier molecular flexibility index (Phi) is 11.4. The highest BCUT2D eigenvalue weighted by molar-refractivity contribution is 7.09. The summed E-state index contributed by atoms with van der Waals surface area (Å²) in [4.78, 5) is 16.7. The fourth-order valence-electron chi connectivity index (χ4n) is 6.28. The number of esters is 1. The third kappa shape index (κ3) is 8.73. The minimum Gasteiger partial charge on any atom is -0.427 e. The molecule has 4 rings (SSSR count). The molecule has 198 valence electrons. The molecular weight excluding hydrogens is 462 g/mol. The SMILES string of the molecule is CCCN(CCc1cccs1)C1CCc2ccc(OC(=O)CCCCCCC3CCCCC3)cc2C1. The van der Waals surface area contributed by atoms with Crippen LogP contribution in [0.2, 0.25) is 0 Å². The molecule has 0 saturated heterocycles. The first-order valence-electron chi connectivity index (χ1n) is 14.8. The molecule has 2 aliphatic rings. The van der Waals surface area contributed by atoms with E-state index in [1.165, 1.54) is 80.2 Å². The molecule has 0 N–H and O–H groups in total. The monoisotopic (exact) mass is 509 g/mol. The molecule has 1 unspecified atom stereocenters. The van der Waals surface area contributed by atoms with Crippen molar-refractivity contribution >= 4 is 17.3 Å². The van der Waals surface area contributed by atoms with Gasteiger partial charge in [0.2, 0.25) is 0 Å². The smallest absolute Gasteiger partial charge is 0.311 e. The van der Waals surface area contributed by atoms with Gasteiger partial charge in [0.1, 0.15) is 5.75 Å². The lowest BCUT2D eigenvalue weighted by atomic mass is 9.85. The fourth-order valence-corrected chi connectivity index (χ4v) is 6.97. The van der Waals surface area contributed by atoms with E-state index < -0.39 is 0 Å². The van der Waals surface area contributed by atoms with Crippen LogP contribution in [-0.4, -0.2) is 30.0 Å². The zero-order valence-electron chi connectivity index (χ0n) is 22.5. The molecule has 1 atom stereocenters. The Bertz CT molecular complexity index is 903. The van der Waals surface area contributed by atoms with E-state index in [-0.39, 0.29) is 5.97 Å². The Labute approximate surface area is 223 Å². The van der Waals surface area contributed by atoms with Gasteiger partial charge in [-0.05, 0) is 85.7 Å². The van der Waals surface area contributed by atoms with Gasteiger partial charge in [-0.25, -0.2) is 0 Å². The summed E-state index contributed by atoms with van der Waals surface area (Å²) in [5, 5.41) is 2.18. The van der Waals surface area contributed by atoms with Crippen molar-refractivity contribution in [2.24, 2.45) is 5.92 Å². The molecule has 36 heavy (non-hydrogen) atoms. The lowest BCUT2D eigenvalue weighted by molar-refractivity contribution is -0.134. The van der Waals surface area contributed by atoms with Gasteiger partial charge in [0.25, 0.3) is 0 Å². The average Bonchev–Trinajstić information content (AvgIpc) is 3.42. The van der Waals surface area contributed by atoms with Crippen LogP contribution in [0, 0.1) is 5.92 Å². The van der Waals surface area contributed by atoms with Gasteiger partial charge in [0, 0.05) is 23.9 Å². The van der Waals surface area contributed by atoms with E-state index in [0.29, 0.717) is 12.5 Å². The Morgan fingerprint density at radius 3 is 2.67 bits per heavy atom. The summed E-state index contributed by atoms with van der Waals surface area (Å²) in [6.45, 7) is 4.56. The molecule has 0 bridgehead atoms. The topological polar surface area (TPSA) is 29.5 Å². The van der Waals surface area contributed by atoms with Crippen LogP contribution in [0.5, 0.6) is 5.75 Å². The number of aryl methyl sites for hydroxylation is 1. The van der Waals surface area contributed by atoms with Crippen LogP contribution in [0.3, 0.4) is 0 Å².